The summed E-state index contributed by atoms with van der Waals surface area (Å²) in [6.45, 7) is 1.27. The van der Waals surface area contributed by atoms with Gasteiger partial charge in [-0.05, 0) is 42.5 Å². The Morgan fingerprint density at radius 1 is 0.969 bits per heavy atom. The highest BCUT2D eigenvalue weighted by Gasteiger charge is 2.37. The summed E-state index contributed by atoms with van der Waals surface area (Å²) in [6.07, 6.45) is 0. The van der Waals surface area contributed by atoms with E-state index in [2.05, 4.69) is 5.10 Å². The number of esters is 1. The van der Waals surface area contributed by atoms with Crippen LogP contribution in [-0.4, -0.2) is 29.0 Å². The van der Waals surface area contributed by atoms with Crippen LogP contribution in [0.2, 0.25) is 0 Å². The van der Waals surface area contributed by atoms with E-state index >= 15 is 0 Å². The standard InChI is InChI=1S/C24H19FN2O4S/c1-15(28)31-21-10-6-3-7-18(21)23(29)27-24(19-8-4-5-9-20(19)30-2)32-22(26-27)16-11-13-17(25)14-12-16/h3-14,24H,1-2H3. The van der Waals surface area contributed by atoms with Crippen molar-refractivity contribution in [3.63, 3.8) is 0 Å². The van der Waals surface area contributed by atoms with Crippen molar-refractivity contribution in [2.45, 2.75) is 12.3 Å². The molecule has 162 valence electrons. The fraction of sp³-hybridized carbons (Fsp3) is 0.125. The predicted molar refractivity (Wildman–Crippen MR) is 120 cm³/mol. The van der Waals surface area contributed by atoms with Crippen LogP contribution < -0.4 is 9.47 Å². The van der Waals surface area contributed by atoms with Gasteiger partial charge in [-0.15, -0.1) is 0 Å². The molecule has 1 atom stereocenters. The van der Waals surface area contributed by atoms with Crippen molar-refractivity contribution in [1.82, 2.24) is 5.01 Å². The smallest absolute Gasteiger partial charge is 0.308 e. The van der Waals surface area contributed by atoms with E-state index in [0.29, 0.717) is 16.4 Å². The van der Waals surface area contributed by atoms with Crippen molar-refractivity contribution in [1.29, 1.82) is 0 Å². The maximum absolute atomic E-state index is 13.6. The van der Waals surface area contributed by atoms with E-state index in [1.165, 1.54) is 35.8 Å². The Kier molecular flexibility index (Phi) is 6.23. The molecular weight excluding hydrogens is 431 g/mol. The van der Waals surface area contributed by atoms with Gasteiger partial charge in [-0.1, -0.05) is 42.1 Å². The van der Waals surface area contributed by atoms with Crippen molar-refractivity contribution in [3.8, 4) is 11.5 Å². The van der Waals surface area contributed by atoms with Gasteiger partial charge in [0, 0.05) is 18.1 Å². The van der Waals surface area contributed by atoms with Crippen LogP contribution >= 0.6 is 11.8 Å². The quantitative estimate of drug-likeness (QED) is 0.404. The van der Waals surface area contributed by atoms with Gasteiger partial charge in [0.05, 0.1) is 12.7 Å². The largest absolute Gasteiger partial charge is 0.496 e. The third-order valence-corrected chi connectivity index (χ3v) is 5.94. The summed E-state index contributed by atoms with van der Waals surface area (Å²) in [4.78, 5) is 25.1. The van der Waals surface area contributed by atoms with Gasteiger partial charge in [-0.2, -0.15) is 5.10 Å². The van der Waals surface area contributed by atoms with Gasteiger partial charge in [0.25, 0.3) is 5.91 Å². The maximum atomic E-state index is 13.6. The average Bonchev–Trinajstić information content (AvgIpc) is 3.24. The van der Waals surface area contributed by atoms with Crippen molar-refractivity contribution in [2.24, 2.45) is 5.10 Å². The lowest BCUT2D eigenvalue weighted by Gasteiger charge is -2.23. The second-order valence-electron chi connectivity index (χ2n) is 6.86. The van der Waals surface area contributed by atoms with E-state index in [1.807, 2.05) is 18.2 Å². The molecule has 32 heavy (non-hydrogen) atoms. The Labute approximate surface area is 188 Å². The molecule has 0 bridgehead atoms. The Balaban J connectivity index is 1.78. The average molecular weight is 450 g/mol. The van der Waals surface area contributed by atoms with Gasteiger partial charge < -0.3 is 9.47 Å². The molecule has 0 spiro atoms. The highest BCUT2D eigenvalue weighted by molar-refractivity contribution is 8.14. The molecule has 1 aliphatic heterocycles. The minimum absolute atomic E-state index is 0.152. The molecule has 3 aromatic rings. The molecular formula is C24H19FN2O4S. The monoisotopic (exact) mass is 450 g/mol. The first kappa shape index (κ1) is 21.6. The van der Waals surface area contributed by atoms with Crippen LogP contribution in [0, 0.1) is 5.82 Å². The van der Waals surface area contributed by atoms with Gasteiger partial charge >= 0.3 is 5.97 Å². The second-order valence-corrected chi connectivity index (χ2v) is 7.93. The molecule has 0 radical (unpaired) electrons. The van der Waals surface area contributed by atoms with Crippen molar-refractivity contribution >= 4 is 28.7 Å². The summed E-state index contributed by atoms with van der Waals surface area (Å²) >= 11 is 1.35. The summed E-state index contributed by atoms with van der Waals surface area (Å²) in [7, 11) is 1.56. The minimum atomic E-state index is -0.538. The maximum Gasteiger partial charge on any atom is 0.308 e. The molecule has 8 heteroatoms. The number of methoxy groups -OCH3 is 1. The number of amides is 1. The Bertz CT molecular complexity index is 1200. The number of hydrogen-bond donors (Lipinski definition) is 0. The second kappa shape index (κ2) is 9.23. The van der Waals surface area contributed by atoms with Crippen molar-refractivity contribution in [2.75, 3.05) is 7.11 Å². The molecule has 0 aromatic heterocycles. The van der Waals surface area contributed by atoms with Gasteiger partial charge in [0.2, 0.25) is 0 Å². The fourth-order valence-electron chi connectivity index (χ4n) is 3.28. The number of hydrazone groups is 1. The molecule has 1 heterocycles. The van der Waals surface area contributed by atoms with Crippen LogP contribution in [0.4, 0.5) is 4.39 Å². The number of carbonyl (C=O) groups excluding carboxylic acids is 2. The van der Waals surface area contributed by atoms with E-state index in [1.54, 1.807) is 49.6 Å². The number of rotatable bonds is 5. The number of nitrogens with zero attached hydrogens (tertiary/aromatic N) is 2. The minimum Gasteiger partial charge on any atom is -0.496 e. The zero-order valence-corrected chi connectivity index (χ0v) is 18.1. The SMILES string of the molecule is COc1ccccc1C1SC(c2ccc(F)cc2)=NN1C(=O)c1ccccc1OC(C)=O. The number of ether oxygens (including phenoxy) is 2. The van der Waals surface area contributed by atoms with Crippen LogP contribution in [0.25, 0.3) is 0 Å². The molecule has 0 saturated heterocycles. The van der Waals surface area contributed by atoms with Crippen molar-refractivity contribution < 1.29 is 23.5 Å². The van der Waals surface area contributed by atoms with Crippen LogP contribution in [-0.2, 0) is 4.79 Å². The lowest BCUT2D eigenvalue weighted by molar-refractivity contribution is -0.131. The van der Waals surface area contributed by atoms with Crippen LogP contribution in [0.1, 0.15) is 33.8 Å². The molecule has 3 aromatic carbocycles. The lowest BCUT2D eigenvalue weighted by Crippen LogP contribution is -2.27. The van der Waals surface area contributed by atoms with Gasteiger partial charge in [-0.3, -0.25) is 9.59 Å². The molecule has 0 aliphatic carbocycles. The molecule has 6 nitrogen and oxygen atoms in total. The Morgan fingerprint density at radius 2 is 1.62 bits per heavy atom. The van der Waals surface area contributed by atoms with E-state index in [4.69, 9.17) is 9.47 Å². The zero-order chi connectivity index (χ0) is 22.7. The van der Waals surface area contributed by atoms with Crippen LogP contribution in [0.5, 0.6) is 11.5 Å². The first-order chi connectivity index (χ1) is 15.5. The predicted octanol–water partition coefficient (Wildman–Crippen LogP) is 5.01. The Hall–Kier alpha value is -3.65. The molecule has 0 N–H and O–H groups in total. The van der Waals surface area contributed by atoms with Gasteiger partial charge in [-0.25, -0.2) is 9.40 Å². The highest BCUT2D eigenvalue weighted by atomic mass is 32.2. The van der Waals surface area contributed by atoms with E-state index in [0.717, 1.165) is 5.56 Å². The van der Waals surface area contributed by atoms with Crippen LogP contribution in [0.15, 0.2) is 77.9 Å². The number of halogens is 1. The first-order valence-electron chi connectivity index (χ1n) is 9.73. The summed E-state index contributed by atoms with van der Waals surface area (Å²) in [5.74, 6) is -0.576. The number of carbonyl (C=O) groups is 2. The molecule has 1 unspecified atom stereocenters. The summed E-state index contributed by atoms with van der Waals surface area (Å²) in [5.41, 5.74) is 1.63. The topological polar surface area (TPSA) is 68.2 Å². The Morgan fingerprint density at radius 3 is 2.31 bits per heavy atom. The van der Waals surface area contributed by atoms with Crippen molar-refractivity contribution in [3.05, 3.63) is 95.3 Å². The summed E-state index contributed by atoms with van der Waals surface area (Å²) in [6, 6.07) is 19.8. The zero-order valence-electron chi connectivity index (χ0n) is 17.3. The molecule has 4 rings (SSSR count). The summed E-state index contributed by atoms with van der Waals surface area (Å²) < 4.78 is 24.2. The summed E-state index contributed by atoms with van der Waals surface area (Å²) in [5, 5.41) is 5.92. The third-order valence-electron chi connectivity index (χ3n) is 4.72. The number of hydrogen-bond acceptors (Lipinski definition) is 6. The molecule has 1 amide bonds. The first-order valence-corrected chi connectivity index (χ1v) is 10.6. The molecule has 0 saturated carbocycles. The number of para-hydroxylation sites is 2. The number of thioether (sulfide) groups is 1. The number of benzene rings is 3. The lowest BCUT2D eigenvalue weighted by atomic mass is 10.1. The third kappa shape index (κ3) is 4.36. The van der Waals surface area contributed by atoms with Gasteiger partial charge in [0.15, 0.2) is 0 Å². The van der Waals surface area contributed by atoms with E-state index < -0.39 is 17.3 Å². The van der Waals surface area contributed by atoms with Gasteiger partial charge in [0.1, 0.15) is 27.7 Å². The molecule has 1 aliphatic rings. The fourth-order valence-corrected chi connectivity index (χ4v) is 4.46. The normalized spacial score (nSPS) is 15.3. The van der Waals surface area contributed by atoms with Crippen LogP contribution in [0.3, 0.4) is 0 Å². The van der Waals surface area contributed by atoms with E-state index in [9.17, 15) is 14.0 Å². The highest BCUT2D eigenvalue weighted by Crippen LogP contribution is 2.45. The molecule has 0 fully saturated rings. The van der Waals surface area contributed by atoms with E-state index in [-0.39, 0.29) is 17.1 Å².